The van der Waals surface area contributed by atoms with Gasteiger partial charge in [-0.05, 0) is 49.2 Å². The molecule has 3 nitrogen and oxygen atoms in total. The summed E-state index contributed by atoms with van der Waals surface area (Å²) < 4.78 is 6.24. The maximum atomic E-state index is 9.21. The molecule has 0 fully saturated rings. The molecule has 4 heteroatoms. The zero-order chi connectivity index (χ0) is 15.6. The average Bonchev–Trinajstić information content (AvgIpc) is 2.29. The molecule has 1 aromatic carbocycles. The highest BCUT2D eigenvalue weighted by molar-refractivity contribution is 6.74. The van der Waals surface area contributed by atoms with Gasteiger partial charge in [-0.15, -0.1) is 0 Å². The van der Waals surface area contributed by atoms with Crippen LogP contribution in [0, 0.1) is 0 Å². The number of hydrogen-bond donors (Lipinski definition) is 2. The van der Waals surface area contributed by atoms with E-state index in [2.05, 4.69) is 33.9 Å². The first-order valence-electron chi connectivity index (χ1n) is 7.15. The van der Waals surface area contributed by atoms with Crippen molar-refractivity contribution in [1.82, 2.24) is 0 Å². The van der Waals surface area contributed by atoms with Crippen molar-refractivity contribution < 1.29 is 9.53 Å². The average molecular weight is 295 g/mol. The van der Waals surface area contributed by atoms with Gasteiger partial charge in [-0.3, -0.25) is 0 Å². The number of hydrogen-bond acceptors (Lipinski definition) is 3. The first kappa shape index (κ1) is 17.2. The molecule has 0 unspecified atom stereocenters. The van der Waals surface area contributed by atoms with Crippen molar-refractivity contribution in [3.05, 3.63) is 29.8 Å². The lowest BCUT2D eigenvalue weighted by molar-refractivity contribution is 0.208. The van der Waals surface area contributed by atoms with Crippen LogP contribution < -0.4 is 10.2 Å². The van der Waals surface area contributed by atoms with Gasteiger partial charge >= 0.3 is 0 Å². The standard InChI is InChI=1S/C16H29NO2Si/c1-15(2,3)20(5,6)19-14-9-7-13(8-10-14)11-16(4,17)12-18/h7-10,18H,11-12,17H2,1-6H3/t16-/m0/s1. The minimum Gasteiger partial charge on any atom is -0.544 e. The van der Waals surface area contributed by atoms with Crippen molar-refractivity contribution in [3.63, 3.8) is 0 Å². The van der Waals surface area contributed by atoms with Crippen molar-refractivity contribution in [2.75, 3.05) is 6.61 Å². The van der Waals surface area contributed by atoms with E-state index in [4.69, 9.17) is 10.2 Å². The summed E-state index contributed by atoms with van der Waals surface area (Å²) in [6.07, 6.45) is 0.657. The van der Waals surface area contributed by atoms with E-state index in [-0.39, 0.29) is 11.6 Å². The molecule has 0 bridgehead atoms. The lowest BCUT2D eigenvalue weighted by atomic mass is 9.95. The van der Waals surface area contributed by atoms with Gasteiger partial charge in [-0.2, -0.15) is 0 Å². The SMILES string of the molecule is CC(C)(C)[Si](C)(C)Oc1ccc(C[C@](C)(N)CO)cc1. The summed E-state index contributed by atoms with van der Waals surface area (Å²) in [6.45, 7) is 13.0. The topological polar surface area (TPSA) is 55.5 Å². The molecule has 1 atom stereocenters. The summed E-state index contributed by atoms with van der Waals surface area (Å²) in [5.74, 6) is 0.920. The Labute approximate surface area is 124 Å². The minimum absolute atomic E-state index is 0.0186. The van der Waals surface area contributed by atoms with E-state index in [0.29, 0.717) is 6.42 Å². The second-order valence-electron chi connectivity index (χ2n) is 7.50. The Bertz CT molecular complexity index is 433. The normalized spacial score (nSPS) is 15.8. The fourth-order valence-electron chi connectivity index (χ4n) is 1.65. The Balaban J connectivity index is 2.78. The quantitative estimate of drug-likeness (QED) is 0.819. The van der Waals surface area contributed by atoms with Crippen LogP contribution in [0.25, 0.3) is 0 Å². The molecule has 114 valence electrons. The largest absolute Gasteiger partial charge is 0.544 e. The maximum Gasteiger partial charge on any atom is 0.250 e. The minimum atomic E-state index is -1.78. The summed E-state index contributed by atoms with van der Waals surface area (Å²) in [5, 5.41) is 9.40. The first-order chi connectivity index (χ1) is 8.97. The third-order valence-electron chi connectivity index (χ3n) is 4.07. The van der Waals surface area contributed by atoms with Crippen LogP contribution in [0.2, 0.25) is 18.1 Å². The van der Waals surface area contributed by atoms with E-state index in [9.17, 15) is 5.11 Å². The molecule has 0 aliphatic rings. The molecule has 0 aliphatic carbocycles. The van der Waals surface area contributed by atoms with Crippen LogP contribution in [0.15, 0.2) is 24.3 Å². The highest BCUT2D eigenvalue weighted by atomic mass is 28.4. The molecule has 0 aromatic heterocycles. The van der Waals surface area contributed by atoms with Crippen LogP contribution in [0.1, 0.15) is 33.3 Å². The van der Waals surface area contributed by atoms with Crippen molar-refractivity contribution in [2.24, 2.45) is 5.73 Å². The van der Waals surface area contributed by atoms with Gasteiger partial charge in [0.05, 0.1) is 6.61 Å². The lowest BCUT2D eigenvalue weighted by Gasteiger charge is -2.36. The van der Waals surface area contributed by atoms with Crippen LogP contribution in [-0.2, 0) is 6.42 Å². The van der Waals surface area contributed by atoms with Gasteiger partial charge in [-0.25, -0.2) is 0 Å². The van der Waals surface area contributed by atoms with E-state index in [1.807, 2.05) is 31.2 Å². The first-order valence-corrected chi connectivity index (χ1v) is 10.1. The summed E-state index contributed by atoms with van der Waals surface area (Å²) in [7, 11) is -1.78. The number of benzene rings is 1. The zero-order valence-electron chi connectivity index (χ0n) is 13.7. The van der Waals surface area contributed by atoms with Gasteiger partial charge in [0, 0.05) is 5.54 Å². The van der Waals surface area contributed by atoms with Crippen molar-refractivity contribution >= 4 is 8.32 Å². The molecular weight excluding hydrogens is 266 g/mol. The Morgan fingerprint density at radius 2 is 1.60 bits per heavy atom. The van der Waals surface area contributed by atoms with Gasteiger partial charge in [0.15, 0.2) is 0 Å². The van der Waals surface area contributed by atoms with Crippen LogP contribution in [0.4, 0.5) is 0 Å². The van der Waals surface area contributed by atoms with E-state index >= 15 is 0 Å². The number of nitrogens with two attached hydrogens (primary N) is 1. The molecule has 0 radical (unpaired) electrons. The predicted molar refractivity (Wildman–Crippen MR) is 87.6 cm³/mol. The summed E-state index contributed by atoms with van der Waals surface area (Å²) in [4.78, 5) is 0. The van der Waals surface area contributed by atoms with E-state index in [0.717, 1.165) is 11.3 Å². The highest BCUT2D eigenvalue weighted by Crippen LogP contribution is 2.37. The molecule has 0 amide bonds. The lowest BCUT2D eigenvalue weighted by Crippen LogP contribution is -2.44. The Morgan fingerprint density at radius 1 is 1.10 bits per heavy atom. The van der Waals surface area contributed by atoms with Gasteiger partial charge < -0.3 is 15.3 Å². The molecular formula is C16H29NO2Si. The molecule has 3 N–H and O–H groups in total. The van der Waals surface area contributed by atoms with Crippen molar-refractivity contribution in [3.8, 4) is 5.75 Å². The molecule has 20 heavy (non-hydrogen) atoms. The van der Waals surface area contributed by atoms with Crippen molar-refractivity contribution in [1.29, 1.82) is 0 Å². The predicted octanol–water partition coefficient (Wildman–Crippen LogP) is 3.32. The second-order valence-corrected chi connectivity index (χ2v) is 12.2. The molecule has 0 aliphatic heterocycles. The fraction of sp³-hybridized carbons (Fsp3) is 0.625. The van der Waals surface area contributed by atoms with Crippen LogP contribution in [0.3, 0.4) is 0 Å². The molecule has 0 saturated heterocycles. The Kier molecular flexibility index (Phi) is 5.06. The zero-order valence-corrected chi connectivity index (χ0v) is 14.7. The Hall–Kier alpha value is -0.843. The molecule has 0 saturated carbocycles. The van der Waals surface area contributed by atoms with Gasteiger partial charge in [0.1, 0.15) is 5.75 Å². The molecule has 0 spiro atoms. The van der Waals surface area contributed by atoms with Gasteiger partial charge in [-0.1, -0.05) is 32.9 Å². The molecule has 0 heterocycles. The highest BCUT2D eigenvalue weighted by Gasteiger charge is 2.38. The van der Waals surface area contributed by atoms with Gasteiger partial charge in [0.25, 0.3) is 0 Å². The Morgan fingerprint density at radius 3 is 2.00 bits per heavy atom. The number of rotatable bonds is 5. The second kappa shape index (κ2) is 5.88. The third kappa shape index (κ3) is 4.61. The molecule has 1 rings (SSSR count). The van der Waals surface area contributed by atoms with E-state index in [1.165, 1.54) is 0 Å². The number of aliphatic hydroxyl groups is 1. The fourth-order valence-corrected chi connectivity index (χ4v) is 2.68. The third-order valence-corrected chi connectivity index (χ3v) is 8.43. The number of aliphatic hydroxyl groups excluding tert-OH is 1. The molecule has 1 aromatic rings. The smallest absolute Gasteiger partial charge is 0.250 e. The maximum absolute atomic E-state index is 9.21. The van der Waals surface area contributed by atoms with Crippen LogP contribution in [-0.4, -0.2) is 25.6 Å². The van der Waals surface area contributed by atoms with Gasteiger partial charge in [0.2, 0.25) is 8.32 Å². The monoisotopic (exact) mass is 295 g/mol. The summed E-state index contributed by atoms with van der Waals surface area (Å²) >= 11 is 0. The van der Waals surface area contributed by atoms with Crippen LogP contribution >= 0.6 is 0 Å². The van der Waals surface area contributed by atoms with E-state index in [1.54, 1.807) is 0 Å². The summed E-state index contributed by atoms with van der Waals surface area (Å²) in [5.41, 5.74) is 6.52. The van der Waals surface area contributed by atoms with Crippen LogP contribution in [0.5, 0.6) is 5.75 Å². The van der Waals surface area contributed by atoms with Crippen molar-refractivity contribution in [2.45, 2.75) is 57.8 Å². The summed E-state index contributed by atoms with van der Waals surface area (Å²) in [6, 6.07) is 8.07. The van der Waals surface area contributed by atoms with E-state index < -0.39 is 13.9 Å².